The van der Waals surface area contributed by atoms with E-state index in [0.717, 1.165) is 32.4 Å². The molecule has 3 N–H and O–H groups in total. The van der Waals surface area contributed by atoms with E-state index < -0.39 is 0 Å². The Morgan fingerprint density at radius 3 is 2.38 bits per heavy atom. The lowest BCUT2D eigenvalue weighted by atomic mass is 10.1. The van der Waals surface area contributed by atoms with Crippen molar-refractivity contribution in [2.45, 2.75) is 45.6 Å². The molecule has 0 aromatic heterocycles. The van der Waals surface area contributed by atoms with Crippen LogP contribution < -0.4 is 11.1 Å². The molecule has 5 heteroatoms. The van der Waals surface area contributed by atoms with Crippen LogP contribution in [0.1, 0.15) is 40.0 Å². The Hall–Kier alpha value is -0.0400. The van der Waals surface area contributed by atoms with Crippen LogP contribution in [0.25, 0.3) is 0 Å². The highest BCUT2D eigenvalue weighted by Crippen LogP contribution is 1.98. The zero-order chi connectivity index (χ0) is 11.7. The summed E-state index contributed by atoms with van der Waals surface area (Å²) in [7, 11) is 1.73. The van der Waals surface area contributed by atoms with Crippen LogP contribution in [-0.2, 0) is 4.74 Å². The first-order valence-electron chi connectivity index (χ1n) is 5.53. The number of rotatable bonds is 6. The Bertz CT molecular complexity index is 190. The molecule has 0 fully saturated rings. The molecule has 0 bridgehead atoms. The molecule has 0 spiro atoms. The molecular formula is C11H26IN3O. The summed E-state index contributed by atoms with van der Waals surface area (Å²) in [6, 6.07) is 0. The number of unbranched alkanes of at least 4 members (excludes halogenated alkanes) is 2. The average Bonchev–Trinajstić information content (AvgIpc) is 2.08. The second kappa shape index (κ2) is 10.1. The van der Waals surface area contributed by atoms with Crippen molar-refractivity contribution in [3.63, 3.8) is 0 Å². The van der Waals surface area contributed by atoms with Crippen LogP contribution in [-0.4, -0.2) is 31.8 Å². The largest absolute Gasteiger partial charge is 0.385 e. The highest BCUT2D eigenvalue weighted by atomic mass is 127. The van der Waals surface area contributed by atoms with E-state index in [-0.39, 0.29) is 29.5 Å². The molecule has 0 heterocycles. The number of methoxy groups -OCH3 is 1. The van der Waals surface area contributed by atoms with Gasteiger partial charge in [0.1, 0.15) is 0 Å². The van der Waals surface area contributed by atoms with Crippen molar-refractivity contribution in [2.24, 2.45) is 10.7 Å². The first-order valence-corrected chi connectivity index (χ1v) is 5.53. The number of hydrogen-bond acceptors (Lipinski definition) is 2. The molecule has 0 amide bonds. The predicted molar refractivity (Wildman–Crippen MR) is 80.5 cm³/mol. The highest BCUT2D eigenvalue weighted by Gasteiger charge is 2.09. The molecule has 0 rings (SSSR count). The van der Waals surface area contributed by atoms with Gasteiger partial charge in [0.25, 0.3) is 0 Å². The molecule has 0 unspecified atom stereocenters. The quantitative estimate of drug-likeness (QED) is 0.336. The van der Waals surface area contributed by atoms with Crippen LogP contribution in [0.2, 0.25) is 0 Å². The molecule has 0 aromatic carbocycles. The van der Waals surface area contributed by atoms with Gasteiger partial charge in [-0.05, 0) is 40.0 Å². The van der Waals surface area contributed by atoms with Crippen molar-refractivity contribution in [2.75, 3.05) is 20.3 Å². The molecule has 0 aliphatic rings. The fourth-order valence-electron chi connectivity index (χ4n) is 1.16. The molecule has 4 nitrogen and oxygen atoms in total. The zero-order valence-corrected chi connectivity index (χ0v) is 13.2. The molecule has 0 aliphatic heterocycles. The predicted octanol–water partition coefficient (Wildman–Crippen LogP) is 2.12. The number of nitrogens with one attached hydrogen (secondary N) is 1. The number of aliphatic imine (C=N–C) groups is 1. The van der Waals surface area contributed by atoms with Gasteiger partial charge in [-0.1, -0.05) is 0 Å². The van der Waals surface area contributed by atoms with Crippen molar-refractivity contribution in [3.05, 3.63) is 0 Å². The first kappa shape index (κ1) is 18.3. The number of hydrogen-bond donors (Lipinski definition) is 2. The fourth-order valence-corrected chi connectivity index (χ4v) is 1.16. The van der Waals surface area contributed by atoms with Crippen LogP contribution in [0, 0.1) is 0 Å². The maximum atomic E-state index is 5.71. The van der Waals surface area contributed by atoms with Crippen molar-refractivity contribution in [3.8, 4) is 0 Å². The van der Waals surface area contributed by atoms with E-state index in [1.54, 1.807) is 7.11 Å². The summed E-state index contributed by atoms with van der Waals surface area (Å²) in [5.74, 6) is 0.536. The number of halogens is 1. The summed E-state index contributed by atoms with van der Waals surface area (Å²) in [6.45, 7) is 7.81. The second-order valence-corrected chi connectivity index (χ2v) is 4.70. The number of ether oxygens (including phenoxy) is 1. The van der Waals surface area contributed by atoms with Crippen LogP contribution >= 0.6 is 24.0 Å². The summed E-state index contributed by atoms with van der Waals surface area (Å²) in [4.78, 5) is 4.25. The van der Waals surface area contributed by atoms with E-state index in [1.807, 2.05) is 0 Å². The van der Waals surface area contributed by atoms with Gasteiger partial charge in [-0.15, -0.1) is 24.0 Å². The Kier molecular flexibility index (Phi) is 11.6. The average molecular weight is 343 g/mol. The van der Waals surface area contributed by atoms with E-state index in [1.165, 1.54) is 0 Å². The lowest BCUT2D eigenvalue weighted by Crippen LogP contribution is -2.45. The van der Waals surface area contributed by atoms with Crippen molar-refractivity contribution >= 4 is 29.9 Å². The third-order valence-corrected chi connectivity index (χ3v) is 1.79. The second-order valence-electron chi connectivity index (χ2n) is 4.70. The van der Waals surface area contributed by atoms with E-state index in [9.17, 15) is 0 Å². The summed E-state index contributed by atoms with van der Waals surface area (Å²) < 4.78 is 4.96. The number of nitrogens with two attached hydrogens (primary N) is 1. The highest BCUT2D eigenvalue weighted by molar-refractivity contribution is 14.0. The van der Waals surface area contributed by atoms with Gasteiger partial charge in [-0.2, -0.15) is 0 Å². The monoisotopic (exact) mass is 343 g/mol. The molecule has 98 valence electrons. The molecule has 16 heavy (non-hydrogen) atoms. The Balaban J connectivity index is 0. The van der Waals surface area contributed by atoms with Crippen LogP contribution in [0.15, 0.2) is 4.99 Å². The minimum absolute atomic E-state index is 0. The molecule has 0 radical (unpaired) electrons. The van der Waals surface area contributed by atoms with Gasteiger partial charge in [0.15, 0.2) is 5.96 Å². The van der Waals surface area contributed by atoms with Gasteiger partial charge in [-0.3, -0.25) is 4.99 Å². The van der Waals surface area contributed by atoms with Crippen LogP contribution in [0.5, 0.6) is 0 Å². The fraction of sp³-hybridized carbons (Fsp3) is 0.909. The summed E-state index contributed by atoms with van der Waals surface area (Å²) in [6.07, 6.45) is 3.30. The van der Waals surface area contributed by atoms with Gasteiger partial charge < -0.3 is 15.8 Å². The third-order valence-electron chi connectivity index (χ3n) is 1.79. The lowest BCUT2D eigenvalue weighted by molar-refractivity contribution is 0.192. The van der Waals surface area contributed by atoms with Gasteiger partial charge in [-0.25, -0.2) is 0 Å². The van der Waals surface area contributed by atoms with Crippen molar-refractivity contribution < 1.29 is 4.74 Å². The summed E-state index contributed by atoms with van der Waals surface area (Å²) >= 11 is 0. The number of guanidine groups is 1. The minimum atomic E-state index is -0.0103. The Morgan fingerprint density at radius 2 is 1.88 bits per heavy atom. The molecule has 0 aliphatic carbocycles. The smallest absolute Gasteiger partial charge is 0.188 e. The van der Waals surface area contributed by atoms with Gasteiger partial charge >= 0.3 is 0 Å². The molecule has 0 aromatic rings. The van der Waals surface area contributed by atoms with E-state index in [2.05, 4.69) is 31.1 Å². The van der Waals surface area contributed by atoms with Gasteiger partial charge in [0, 0.05) is 25.8 Å². The summed E-state index contributed by atoms with van der Waals surface area (Å²) in [5, 5.41) is 3.12. The topological polar surface area (TPSA) is 59.6 Å². The molecule has 0 saturated carbocycles. The van der Waals surface area contributed by atoms with Gasteiger partial charge in [0.2, 0.25) is 0 Å². The molecule has 0 saturated heterocycles. The van der Waals surface area contributed by atoms with E-state index >= 15 is 0 Å². The van der Waals surface area contributed by atoms with Crippen LogP contribution in [0.4, 0.5) is 0 Å². The Morgan fingerprint density at radius 1 is 1.25 bits per heavy atom. The third kappa shape index (κ3) is 14.0. The SMILES string of the molecule is COCCCCCN=C(N)NC(C)(C)C.I. The van der Waals surface area contributed by atoms with Crippen molar-refractivity contribution in [1.29, 1.82) is 0 Å². The van der Waals surface area contributed by atoms with Crippen molar-refractivity contribution in [1.82, 2.24) is 5.32 Å². The summed E-state index contributed by atoms with van der Waals surface area (Å²) in [5.41, 5.74) is 5.70. The van der Waals surface area contributed by atoms with Gasteiger partial charge in [0.05, 0.1) is 0 Å². The standard InChI is InChI=1S/C11H25N3O.HI/c1-11(2,3)14-10(12)13-8-6-5-7-9-15-4;/h5-9H2,1-4H3,(H3,12,13,14);1H. The minimum Gasteiger partial charge on any atom is -0.385 e. The number of nitrogens with zero attached hydrogens (tertiary/aromatic N) is 1. The first-order chi connectivity index (χ1) is 6.95. The van der Waals surface area contributed by atoms with Crippen LogP contribution in [0.3, 0.4) is 0 Å². The van der Waals surface area contributed by atoms with E-state index in [4.69, 9.17) is 10.5 Å². The molecule has 0 atom stereocenters. The maximum absolute atomic E-state index is 5.71. The lowest BCUT2D eigenvalue weighted by Gasteiger charge is -2.20. The zero-order valence-electron chi connectivity index (χ0n) is 10.9. The maximum Gasteiger partial charge on any atom is 0.188 e. The normalized spacial score (nSPS) is 12.1. The van der Waals surface area contributed by atoms with E-state index in [0.29, 0.717) is 5.96 Å². The molecular weight excluding hydrogens is 317 g/mol. The Labute approximate surface area is 116 Å².